The number of nitrogens with zero attached hydrogens (tertiary/aromatic N) is 1. The van der Waals surface area contributed by atoms with Crippen LogP contribution >= 0.6 is 0 Å². The number of ether oxygens (including phenoxy) is 1. The Labute approximate surface area is 157 Å². The Morgan fingerprint density at radius 2 is 1.81 bits per heavy atom. The third-order valence-electron chi connectivity index (χ3n) is 4.93. The summed E-state index contributed by atoms with van der Waals surface area (Å²) in [5, 5.41) is 9.59. The average molecular weight is 371 g/mol. The number of carboxylic acids is 1. The maximum Gasteiger partial charge on any atom is 0.308 e. The molecular formula is C21H22FNO4. The highest BCUT2D eigenvalue weighted by Gasteiger charge is 2.42. The number of hydrogen-bond acceptors (Lipinski definition) is 3. The number of halogens is 1. The summed E-state index contributed by atoms with van der Waals surface area (Å²) in [4.78, 5) is 26.2. The lowest BCUT2D eigenvalue weighted by atomic mass is 9.89. The fourth-order valence-corrected chi connectivity index (χ4v) is 3.48. The molecule has 3 atom stereocenters. The first-order valence-electron chi connectivity index (χ1n) is 8.99. The summed E-state index contributed by atoms with van der Waals surface area (Å²) in [6.45, 7) is 2.20. The average Bonchev–Trinajstić information content (AvgIpc) is 3.13. The second-order valence-electron chi connectivity index (χ2n) is 6.65. The molecule has 2 aromatic rings. The lowest BCUT2D eigenvalue weighted by Crippen LogP contribution is -2.41. The number of amides is 1. The number of carbonyl (C=O) groups excluding carboxylic acids is 1. The third-order valence-corrected chi connectivity index (χ3v) is 4.93. The van der Waals surface area contributed by atoms with Gasteiger partial charge in [-0.15, -0.1) is 0 Å². The number of para-hydroxylation sites is 1. The quantitative estimate of drug-likeness (QED) is 0.846. The van der Waals surface area contributed by atoms with Gasteiger partial charge in [0.1, 0.15) is 0 Å². The zero-order valence-corrected chi connectivity index (χ0v) is 15.0. The van der Waals surface area contributed by atoms with Crippen molar-refractivity contribution in [2.24, 2.45) is 5.92 Å². The third kappa shape index (κ3) is 4.10. The Kier molecular flexibility index (Phi) is 5.74. The highest BCUT2D eigenvalue weighted by Crippen LogP contribution is 2.33. The van der Waals surface area contributed by atoms with Crippen molar-refractivity contribution in [3.05, 3.63) is 66.0 Å². The van der Waals surface area contributed by atoms with Gasteiger partial charge in [-0.05, 0) is 24.1 Å². The van der Waals surface area contributed by atoms with Crippen molar-refractivity contribution in [3.63, 3.8) is 0 Å². The summed E-state index contributed by atoms with van der Waals surface area (Å²) >= 11 is 0. The molecule has 0 bridgehead atoms. The van der Waals surface area contributed by atoms with E-state index in [1.165, 1.54) is 17.0 Å². The molecule has 1 aliphatic rings. The first kappa shape index (κ1) is 18.9. The Morgan fingerprint density at radius 3 is 2.44 bits per heavy atom. The number of rotatable bonds is 6. The smallest absolute Gasteiger partial charge is 0.308 e. The zero-order chi connectivity index (χ0) is 19.4. The van der Waals surface area contributed by atoms with Gasteiger partial charge in [0.25, 0.3) is 5.91 Å². The van der Waals surface area contributed by atoms with E-state index in [1.807, 2.05) is 30.3 Å². The van der Waals surface area contributed by atoms with Crippen molar-refractivity contribution in [2.75, 3.05) is 13.1 Å². The van der Waals surface area contributed by atoms with Crippen molar-refractivity contribution >= 4 is 11.9 Å². The summed E-state index contributed by atoms with van der Waals surface area (Å²) in [6, 6.07) is 15.3. The summed E-state index contributed by atoms with van der Waals surface area (Å²) in [7, 11) is 0. The SMILES string of the molecule is CCC(Oc1ccccc1F)C(=O)N1C[C@H](C(=O)O)[C@H](c2ccccc2)C1. The van der Waals surface area contributed by atoms with Crippen LogP contribution in [0, 0.1) is 11.7 Å². The number of aliphatic carboxylic acids is 1. The van der Waals surface area contributed by atoms with Crippen LogP contribution in [0.25, 0.3) is 0 Å². The molecule has 1 heterocycles. The summed E-state index contributed by atoms with van der Waals surface area (Å²) in [5.74, 6) is -2.71. The van der Waals surface area contributed by atoms with Gasteiger partial charge in [0.15, 0.2) is 17.7 Å². The molecule has 0 saturated carbocycles. The molecule has 0 radical (unpaired) electrons. The molecule has 1 saturated heterocycles. The molecule has 2 aromatic carbocycles. The predicted molar refractivity (Wildman–Crippen MR) is 98.0 cm³/mol. The normalized spacial score (nSPS) is 20.3. The number of likely N-dealkylation sites (tertiary alicyclic amines) is 1. The van der Waals surface area contributed by atoms with Gasteiger partial charge in [-0.25, -0.2) is 4.39 Å². The first-order valence-corrected chi connectivity index (χ1v) is 8.99. The van der Waals surface area contributed by atoms with Crippen LogP contribution < -0.4 is 4.74 Å². The molecule has 3 rings (SSSR count). The molecule has 27 heavy (non-hydrogen) atoms. The first-order chi connectivity index (χ1) is 13.0. The van der Waals surface area contributed by atoms with E-state index in [4.69, 9.17) is 4.74 Å². The monoisotopic (exact) mass is 371 g/mol. The Hall–Kier alpha value is -2.89. The summed E-state index contributed by atoms with van der Waals surface area (Å²) in [5.41, 5.74) is 0.892. The summed E-state index contributed by atoms with van der Waals surface area (Å²) in [6.07, 6.45) is -0.497. The molecular weight excluding hydrogens is 349 g/mol. The van der Waals surface area contributed by atoms with E-state index in [-0.39, 0.29) is 24.1 Å². The second-order valence-corrected chi connectivity index (χ2v) is 6.65. The number of carbonyl (C=O) groups is 2. The molecule has 0 aromatic heterocycles. The predicted octanol–water partition coefficient (Wildman–Crippen LogP) is 3.31. The molecule has 1 amide bonds. The fourth-order valence-electron chi connectivity index (χ4n) is 3.48. The molecule has 142 valence electrons. The van der Waals surface area contributed by atoms with E-state index in [2.05, 4.69) is 0 Å². The van der Waals surface area contributed by atoms with Crippen molar-refractivity contribution < 1.29 is 23.8 Å². The van der Waals surface area contributed by atoms with Gasteiger partial charge in [-0.3, -0.25) is 9.59 Å². The standard InChI is InChI=1S/C21H22FNO4/c1-2-18(27-19-11-7-6-10-17(19)22)20(24)23-12-15(16(13-23)21(25)26)14-8-4-3-5-9-14/h3-11,15-16,18H,2,12-13H2,1H3,(H,25,26)/t15-,16-,18?/m0/s1. The number of hydrogen-bond donors (Lipinski definition) is 1. The van der Waals surface area contributed by atoms with E-state index in [0.29, 0.717) is 13.0 Å². The van der Waals surface area contributed by atoms with Crippen LogP contribution in [0.4, 0.5) is 4.39 Å². The van der Waals surface area contributed by atoms with E-state index in [9.17, 15) is 19.1 Å². The largest absolute Gasteiger partial charge is 0.481 e. The van der Waals surface area contributed by atoms with Gasteiger partial charge in [-0.2, -0.15) is 0 Å². The molecule has 1 unspecified atom stereocenters. The van der Waals surface area contributed by atoms with Gasteiger partial charge >= 0.3 is 5.97 Å². The highest BCUT2D eigenvalue weighted by atomic mass is 19.1. The molecule has 6 heteroatoms. The molecule has 1 aliphatic heterocycles. The van der Waals surface area contributed by atoms with Crippen LogP contribution in [0.1, 0.15) is 24.8 Å². The van der Waals surface area contributed by atoms with Crippen LogP contribution in [0.3, 0.4) is 0 Å². The molecule has 1 fully saturated rings. The van der Waals surface area contributed by atoms with Crippen molar-refractivity contribution in [3.8, 4) is 5.75 Å². The van der Waals surface area contributed by atoms with Gasteiger partial charge in [-0.1, -0.05) is 49.4 Å². The van der Waals surface area contributed by atoms with Crippen molar-refractivity contribution in [2.45, 2.75) is 25.4 Å². The minimum atomic E-state index is -0.928. The van der Waals surface area contributed by atoms with Gasteiger partial charge in [0, 0.05) is 19.0 Å². The number of benzene rings is 2. The van der Waals surface area contributed by atoms with Gasteiger partial charge < -0.3 is 14.7 Å². The minimum Gasteiger partial charge on any atom is -0.481 e. The maximum atomic E-state index is 13.9. The lowest BCUT2D eigenvalue weighted by molar-refractivity contribution is -0.142. The molecule has 0 spiro atoms. The van der Waals surface area contributed by atoms with Crippen LogP contribution in [0.15, 0.2) is 54.6 Å². The van der Waals surface area contributed by atoms with Crippen LogP contribution in [0.5, 0.6) is 5.75 Å². The van der Waals surface area contributed by atoms with E-state index in [1.54, 1.807) is 19.1 Å². The van der Waals surface area contributed by atoms with Crippen LogP contribution in [-0.2, 0) is 9.59 Å². The highest BCUT2D eigenvalue weighted by molar-refractivity contribution is 5.83. The zero-order valence-electron chi connectivity index (χ0n) is 15.0. The van der Waals surface area contributed by atoms with Crippen LogP contribution in [-0.4, -0.2) is 41.1 Å². The number of carboxylic acid groups (broad SMARTS) is 1. The lowest BCUT2D eigenvalue weighted by Gasteiger charge is -2.23. The molecule has 1 N–H and O–H groups in total. The van der Waals surface area contributed by atoms with E-state index < -0.39 is 23.8 Å². The minimum absolute atomic E-state index is 0.0197. The van der Waals surface area contributed by atoms with Crippen LogP contribution in [0.2, 0.25) is 0 Å². The molecule has 0 aliphatic carbocycles. The van der Waals surface area contributed by atoms with E-state index >= 15 is 0 Å². The van der Waals surface area contributed by atoms with Crippen molar-refractivity contribution in [1.29, 1.82) is 0 Å². The van der Waals surface area contributed by atoms with Crippen molar-refractivity contribution in [1.82, 2.24) is 4.90 Å². The summed E-state index contributed by atoms with van der Waals surface area (Å²) < 4.78 is 19.4. The second kappa shape index (κ2) is 8.20. The Balaban J connectivity index is 1.77. The Morgan fingerprint density at radius 1 is 1.15 bits per heavy atom. The van der Waals surface area contributed by atoms with E-state index in [0.717, 1.165) is 5.56 Å². The molecule has 5 nitrogen and oxygen atoms in total. The van der Waals surface area contributed by atoms with Gasteiger partial charge in [0.05, 0.1) is 5.92 Å². The fraction of sp³-hybridized carbons (Fsp3) is 0.333. The maximum absolute atomic E-state index is 13.9. The van der Waals surface area contributed by atoms with Gasteiger partial charge in [0.2, 0.25) is 0 Å². The topological polar surface area (TPSA) is 66.8 Å². The Bertz CT molecular complexity index is 811.